The number of hydrogen-bond donors (Lipinski definition) is 2. The Labute approximate surface area is 197 Å². The first-order chi connectivity index (χ1) is 16.4. The first kappa shape index (κ1) is 22.0. The number of nitrogens with one attached hydrogen (secondary N) is 2. The second kappa shape index (κ2) is 8.49. The van der Waals surface area contributed by atoms with Crippen molar-refractivity contribution in [1.82, 2.24) is 0 Å². The summed E-state index contributed by atoms with van der Waals surface area (Å²) in [6.45, 7) is 0. The minimum Gasteiger partial charge on any atom is -0.497 e. The molecule has 0 aromatic heterocycles. The second-order valence-corrected chi connectivity index (χ2v) is 10.1. The summed E-state index contributed by atoms with van der Waals surface area (Å²) >= 11 is 0. The van der Waals surface area contributed by atoms with Crippen LogP contribution in [0.4, 0.5) is 17.1 Å². The maximum atomic E-state index is 13.1. The molecule has 0 saturated carbocycles. The van der Waals surface area contributed by atoms with Crippen molar-refractivity contribution in [3.8, 4) is 5.75 Å². The van der Waals surface area contributed by atoms with Gasteiger partial charge in [-0.05, 0) is 60.4 Å². The SMILES string of the molecule is COc1ccc(NS(=O)(=O)c2ccc3c(c2)[C@H]2C=CC[C@H]2[C@@H](c2ccccc2[N+](=O)[O-])N3)cc1. The number of methoxy groups -OCH3 is 1. The van der Waals surface area contributed by atoms with Crippen LogP contribution in [0, 0.1) is 16.0 Å². The average molecular weight is 478 g/mol. The van der Waals surface area contributed by atoms with E-state index in [0.717, 1.165) is 17.7 Å². The molecular formula is C25H23N3O5S. The fraction of sp³-hybridized carbons (Fsp3) is 0.200. The highest BCUT2D eigenvalue weighted by Crippen LogP contribution is 2.51. The summed E-state index contributed by atoms with van der Waals surface area (Å²) in [5.41, 5.74) is 2.80. The van der Waals surface area contributed by atoms with E-state index in [2.05, 4.69) is 22.2 Å². The molecule has 0 fully saturated rings. The number of anilines is 2. The van der Waals surface area contributed by atoms with Gasteiger partial charge in [0, 0.05) is 23.4 Å². The fourth-order valence-corrected chi connectivity index (χ4v) is 5.93. The van der Waals surface area contributed by atoms with Crippen LogP contribution in [0.15, 0.2) is 83.8 Å². The third-order valence-electron chi connectivity index (χ3n) is 6.46. The molecule has 5 rings (SSSR count). The molecule has 3 aromatic rings. The first-order valence-corrected chi connectivity index (χ1v) is 12.3. The van der Waals surface area contributed by atoms with E-state index < -0.39 is 10.0 Å². The molecule has 1 aliphatic carbocycles. The van der Waals surface area contributed by atoms with Gasteiger partial charge < -0.3 is 10.1 Å². The quantitative estimate of drug-likeness (QED) is 0.286. The van der Waals surface area contributed by atoms with E-state index in [1.165, 1.54) is 6.07 Å². The molecule has 1 heterocycles. The number of para-hydroxylation sites is 1. The average Bonchev–Trinajstić information content (AvgIpc) is 3.34. The lowest BCUT2D eigenvalue weighted by Gasteiger charge is -2.37. The number of allylic oxidation sites excluding steroid dienone is 2. The second-order valence-electron chi connectivity index (χ2n) is 8.37. The van der Waals surface area contributed by atoms with Crippen molar-refractivity contribution >= 4 is 27.1 Å². The van der Waals surface area contributed by atoms with Crippen molar-refractivity contribution in [2.24, 2.45) is 5.92 Å². The van der Waals surface area contributed by atoms with Gasteiger partial charge in [0.2, 0.25) is 0 Å². The predicted octanol–water partition coefficient (Wildman–Crippen LogP) is 5.23. The first-order valence-electron chi connectivity index (χ1n) is 10.8. The lowest BCUT2D eigenvalue weighted by molar-refractivity contribution is -0.385. The summed E-state index contributed by atoms with van der Waals surface area (Å²) in [4.78, 5) is 11.4. The Bertz CT molecular complexity index is 1390. The van der Waals surface area contributed by atoms with Gasteiger partial charge in [0.25, 0.3) is 15.7 Å². The maximum Gasteiger partial charge on any atom is 0.274 e. The third-order valence-corrected chi connectivity index (χ3v) is 7.83. The predicted molar refractivity (Wildman–Crippen MR) is 130 cm³/mol. The van der Waals surface area contributed by atoms with Crippen LogP contribution in [0.2, 0.25) is 0 Å². The molecule has 0 saturated heterocycles. The number of fused-ring (bicyclic) bond motifs is 3. The molecule has 9 heteroatoms. The molecule has 1 aliphatic heterocycles. The number of nitro benzene ring substituents is 1. The van der Waals surface area contributed by atoms with Gasteiger partial charge in [-0.25, -0.2) is 8.42 Å². The largest absolute Gasteiger partial charge is 0.497 e. The Balaban J connectivity index is 1.48. The van der Waals surface area contributed by atoms with Crippen molar-refractivity contribution in [2.75, 3.05) is 17.1 Å². The molecule has 0 spiro atoms. The maximum absolute atomic E-state index is 13.1. The summed E-state index contributed by atoms with van der Waals surface area (Å²) in [7, 11) is -2.26. The molecule has 3 aromatic carbocycles. The third kappa shape index (κ3) is 3.88. The molecule has 8 nitrogen and oxygen atoms in total. The van der Waals surface area contributed by atoms with Crippen molar-refractivity contribution in [3.63, 3.8) is 0 Å². The number of benzene rings is 3. The van der Waals surface area contributed by atoms with Crippen LogP contribution in [-0.2, 0) is 10.0 Å². The van der Waals surface area contributed by atoms with Crippen molar-refractivity contribution in [3.05, 3.63) is 100 Å². The van der Waals surface area contributed by atoms with Crippen LogP contribution >= 0.6 is 0 Å². The molecule has 0 radical (unpaired) electrons. The molecule has 3 atom stereocenters. The van der Waals surface area contributed by atoms with Crippen LogP contribution in [0.1, 0.15) is 29.5 Å². The standard InChI is InChI=1S/C25H23N3O5S/c1-33-17-11-9-16(10-12-17)27-34(31,32)18-13-14-23-22(15-18)19-6-4-7-20(19)25(26-23)21-5-2-3-8-24(21)28(29)30/h2-6,8-15,19-20,25-27H,7H2,1H3/t19-,20+,25-/m0/s1. The van der Waals surface area contributed by atoms with Gasteiger partial charge >= 0.3 is 0 Å². The molecule has 2 N–H and O–H groups in total. The number of hydrogen-bond acceptors (Lipinski definition) is 6. The van der Waals surface area contributed by atoms with Gasteiger partial charge in [-0.2, -0.15) is 0 Å². The van der Waals surface area contributed by atoms with E-state index in [-0.39, 0.29) is 33.4 Å². The molecule has 0 unspecified atom stereocenters. The Morgan fingerprint density at radius 2 is 1.82 bits per heavy atom. The number of sulfonamides is 1. The number of ether oxygens (including phenoxy) is 1. The summed E-state index contributed by atoms with van der Waals surface area (Å²) in [6, 6.07) is 18.1. The molecule has 34 heavy (non-hydrogen) atoms. The number of rotatable bonds is 6. The van der Waals surface area contributed by atoms with Crippen LogP contribution < -0.4 is 14.8 Å². The van der Waals surface area contributed by atoms with Gasteiger partial charge in [-0.3, -0.25) is 14.8 Å². The van der Waals surface area contributed by atoms with Crippen LogP contribution in [0.25, 0.3) is 0 Å². The summed E-state index contributed by atoms with van der Waals surface area (Å²) in [5.74, 6) is 0.633. The highest BCUT2D eigenvalue weighted by Gasteiger charge is 2.40. The minimum atomic E-state index is -3.81. The smallest absolute Gasteiger partial charge is 0.274 e. The zero-order valence-electron chi connectivity index (χ0n) is 18.3. The van der Waals surface area contributed by atoms with Crippen LogP contribution in [-0.4, -0.2) is 20.5 Å². The zero-order chi connectivity index (χ0) is 23.9. The van der Waals surface area contributed by atoms with E-state index in [1.54, 1.807) is 67.8 Å². The zero-order valence-corrected chi connectivity index (χ0v) is 19.2. The lowest BCUT2D eigenvalue weighted by atomic mass is 9.76. The molecule has 2 aliphatic rings. The van der Waals surface area contributed by atoms with Crippen molar-refractivity contribution in [2.45, 2.75) is 23.3 Å². The van der Waals surface area contributed by atoms with Gasteiger partial charge in [0.05, 0.1) is 28.5 Å². The normalized spacial score (nSPS) is 20.7. The highest BCUT2D eigenvalue weighted by atomic mass is 32.2. The van der Waals surface area contributed by atoms with Crippen LogP contribution in [0.3, 0.4) is 0 Å². The minimum absolute atomic E-state index is 0.0427. The van der Waals surface area contributed by atoms with Gasteiger partial charge in [-0.15, -0.1) is 0 Å². The van der Waals surface area contributed by atoms with Crippen LogP contribution in [0.5, 0.6) is 5.75 Å². The van der Waals surface area contributed by atoms with E-state index in [0.29, 0.717) is 17.0 Å². The Kier molecular flexibility index (Phi) is 5.49. The molecule has 0 amide bonds. The molecular weight excluding hydrogens is 454 g/mol. The molecule has 174 valence electrons. The monoisotopic (exact) mass is 477 g/mol. The van der Waals surface area contributed by atoms with Crippen molar-refractivity contribution in [1.29, 1.82) is 0 Å². The van der Waals surface area contributed by atoms with E-state index in [1.807, 2.05) is 0 Å². The fourth-order valence-electron chi connectivity index (χ4n) is 4.84. The number of nitrogens with zero attached hydrogens (tertiary/aromatic N) is 1. The van der Waals surface area contributed by atoms with E-state index in [9.17, 15) is 18.5 Å². The summed E-state index contributed by atoms with van der Waals surface area (Å²) in [6.07, 6.45) is 4.87. The Hall–Kier alpha value is -3.85. The lowest BCUT2D eigenvalue weighted by Crippen LogP contribution is -2.30. The topological polar surface area (TPSA) is 111 Å². The summed E-state index contributed by atoms with van der Waals surface area (Å²) in [5, 5.41) is 15.1. The van der Waals surface area contributed by atoms with Gasteiger partial charge in [-0.1, -0.05) is 30.4 Å². The Morgan fingerprint density at radius 3 is 2.56 bits per heavy atom. The number of nitro groups is 1. The van der Waals surface area contributed by atoms with Gasteiger partial charge in [0.15, 0.2) is 0 Å². The highest BCUT2D eigenvalue weighted by molar-refractivity contribution is 7.92. The molecule has 0 bridgehead atoms. The Morgan fingerprint density at radius 1 is 1.06 bits per heavy atom. The van der Waals surface area contributed by atoms with E-state index in [4.69, 9.17) is 4.74 Å². The van der Waals surface area contributed by atoms with Gasteiger partial charge in [0.1, 0.15) is 5.75 Å². The summed E-state index contributed by atoms with van der Waals surface area (Å²) < 4.78 is 33.9. The van der Waals surface area contributed by atoms with E-state index >= 15 is 0 Å². The van der Waals surface area contributed by atoms with Crippen molar-refractivity contribution < 1.29 is 18.1 Å².